The Bertz CT molecular complexity index is 248. The van der Waals surface area contributed by atoms with Gasteiger partial charge in [0.25, 0.3) is 0 Å². The molecule has 1 aromatic rings. The number of nitrogens with zero attached hydrogens (tertiary/aromatic N) is 1. The molecule has 0 aliphatic rings. The lowest BCUT2D eigenvalue weighted by Gasteiger charge is -2.23. The number of rotatable bonds is 7. The first-order chi connectivity index (χ1) is 7.25. The van der Waals surface area contributed by atoms with Crippen LogP contribution in [0.25, 0.3) is 0 Å². The van der Waals surface area contributed by atoms with E-state index in [0.717, 1.165) is 19.4 Å². The van der Waals surface area contributed by atoms with E-state index in [1.165, 1.54) is 11.3 Å². The molecule has 1 unspecified atom stereocenters. The molecule has 0 saturated carbocycles. The van der Waals surface area contributed by atoms with E-state index in [2.05, 4.69) is 36.4 Å². The van der Waals surface area contributed by atoms with Crippen LogP contribution in [0.5, 0.6) is 0 Å². The zero-order valence-electron chi connectivity index (χ0n) is 9.65. The summed E-state index contributed by atoms with van der Waals surface area (Å²) in [6, 6.07) is 4.81. The maximum atomic E-state index is 8.68. The molecule has 86 valence electrons. The fourth-order valence-electron chi connectivity index (χ4n) is 1.59. The summed E-state index contributed by atoms with van der Waals surface area (Å²) in [4.78, 5) is 3.81. The van der Waals surface area contributed by atoms with Gasteiger partial charge in [-0.05, 0) is 51.2 Å². The Labute approximate surface area is 96.5 Å². The Morgan fingerprint density at radius 2 is 2.20 bits per heavy atom. The molecule has 0 aliphatic heterocycles. The summed E-state index contributed by atoms with van der Waals surface area (Å²) < 4.78 is 0. The van der Waals surface area contributed by atoms with E-state index in [0.29, 0.717) is 12.6 Å². The van der Waals surface area contributed by atoms with Gasteiger partial charge in [-0.3, -0.25) is 4.90 Å². The molecule has 1 atom stereocenters. The Hall–Kier alpha value is -0.380. The summed E-state index contributed by atoms with van der Waals surface area (Å²) in [5.74, 6) is 0. The van der Waals surface area contributed by atoms with Crippen LogP contribution in [0.4, 0.5) is 0 Å². The largest absolute Gasteiger partial charge is 0.396 e. The average molecular weight is 227 g/mol. The van der Waals surface area contributed by atoms with Crippen LogP contribution >= 0.6 is 11.3 Å². The lowest BCUT2D eigenvalue weighted by molar-refractivity contribution is 0.246. The molecule has 1 N–H and O–H groups in total. The van der Waals surface area contributed by atoms with Gasteiger partial charge in [0.05, 0.1) is 0 Å². The van der Waals surface area contributed by atoms with E-state index in [1.54, 1.807) is 0 Å². The Kier molecular flexibility index (Phi) is 5.91. The molecule has 0 fully saturated rings. The number of unbranched alkanes of at least 4 members (excludes halogenated alkanes) is 2. The van der Waals surface area contributed by atoms with Gasteiger partial charge < -0.3 is 5.11 Å². The number of thiophene rings is 1. The van der Waals surface area contributed by atoms with Crippen molar-refractivity contribution in [1.82, 2.24) is 4.90 Å². The lowest BCUT2D eigenvalue weighted by Crippen LogP contribution is -2.22. The maximum absolute atomic E-state index is 8.68. The molecular weight excluding hydrogens is 206 g/mol. The maximum Gasteiger partial charge on any atom is 0.0431 e. The third-order valence-corrected chi connectivity index (χ3v) is 3.83. The zero-order valence-corrected chi connectivity index (χ0v) is 10.5. The second-order valence-electron chi connectivity index (χ2n) is 3.96. The van der Waals surface area contributed by atoms with Crippen molar-refractivity contribution in [2.75, 3.05) is 20.2 Å². The first-order valence-corrected chi connectivity index (χ1v) is 6.48. The molecule has 1 aromatic heterocycles. The van der Waals surface area contributed by atoms with Crippen LogP contribution in [-0.2, 0) is 0 Å². The van der Waals surface area contributed by atoms with E-state index in [9.17, 15) is 0 Å². The fourth-order valence-corrected chi connectivity index (χ4v) is 2.44. The van der Waals surface area contributed by atoms with Gasteiger partial charge >= 0.3 is 0 Å². The minimum Gasteiger partial charge on any atom is -0.396 e. The summed E-state index contributed by atoms with van der Waals surface area (Å²) in [5.41, 5.74) is 0. The fraction of sp³-hybridized carbons (Fsp3) is 0.667. The Morgan fingerprint density at radius 3 is 2.80 bits per heavy atom. The topological polar surface area (TPSA) is 23.5 Å². The van der Waals surface area contributed by atoms with Crippen LogP contribution in [0.1, 0.15) is 37.1 Å². The van der Waals surface area contributed by atoms with Crippen molar-refractivity contribution in [3.63, 3.8) is 0 Å². The second kappa shape index (κ2) is 6.99. The average Bonchev–Trinajstić information content (AvgIpc) is 2.76. The highest BCUT2D eigenvalue weighted by molar-refractivity contribution is 7.10. The minimum absolute atomic E-state index is 0.324. The van der Waals surface area contributed by atoms with Crippen LogP contribution in [0.2, 0.25) is 0 Å². The van der Waals surface area contributed by atoms with Gasteiger partial charge in [0, 0.05) is 17.5 Å². The van der Waals surface area contributed by atoms with Crippen LogP contribution in [0.15, 0.2) is 17.5 Å². The van der Waals surface area contributed by atoms with Crippen molar-refractivity contribution in [2.45, 2.75) is 32.2 Å². The molecule has 15 heavy (non-hydrogen) atoms. The van der Waals surface area contributed by atoms with Gasteiger partial charge in [-0.15, -0.1) is 11.3 Å². The first-order valence-electron chi connectivity index (χ1n) is 5.60. The highest BCUT2D eigenvalue weighted by Gasteiger charge is 2.11. The predicted molar refractivity (Wildman–Crippen MR) is 66.3 cm³/mol. The SMILES string of the molecule is CC(c1cccs1)N(C)CCCCCO. The van der Waals surface area contributed by atoms with Crippen molar-refractivity contribution in [3.8, 4) is 0 Å². The van der Waals surface area contributed by atoms with Crippen molar-refractivity contribution in [2.24, 2.45) is 0 Å². The smallest absolute Gasteiger partial charge is 0.0431 e. The number of hydrogen-bond donors (Lipinski definition) is 1. The highest BCUT2D eigenvalue weighted by atomic mass is 32.1. The van der Waals surface area contributed by atoms with Gasteiger partial charge in [-0.1, -0.05) is 6.07 Å². The third-order valence-electron chi connectivity index (χ3n) is 2.79. The van der Waals surface area contributed by atoms with Crippen LogP contribution < -0.4 is 0 Å². The van der Waals surface area contributed by atoms with Gasteiger partial charge in [-0.2, -0.15) is 0 Å². The molecule has 0 bridgehead atoms. The summed E-state index contributed by atoms with van der Waals surface area (Å²) >= 11 is 1.82. The van der Waals surface area contributed by atoms with E-state index < -0.39 is 0 Å². The van der Waals surface area contributed by atoms with E-state index >= 15 is 0 Å². The summed E-state index contributed by atoms with van der Waals surface area (Å²) in [6.07, 6.45) is 3.23. The lowest BCUT2D eigenvalue weighted by atomic mass is 10.2. The van der Waals surface area contributed by atoms with Gasteiger partial charge in [0.2, 0.25) is 0 Å². The Morgan fingerprint density at radius 1 is 1.40 bits per heavy atom. The third kappa shape index (κ3) is 4.33. The summed E-state index contributed by atoms with van der Waals surface area (Å²) in [7, 11) is 2.17. The molecule has 1 rings (SSSR count). The van der Waals surface area contributed by atoms with Crippen LogP contribution in [0, 0.1) is 0 Å². The molecule has 3 heteroatoms. The molecule has 0 saturated heterocycles. The van der Waals surface area contributed by atoms with E-state index in [4.69, 9.17) is 5.11 Å². The first kappa shape index (κ1) is 12.7. The molecule has 0 amide bonds. The molecule has 2 nitrogen and oxygen atoms in total. The predicted octanol–water partition coefficient (Wildman–Crippen LogP) is 2.90. The molecule has 0 aromatic carbocycles. The second-order valence-corrected chi connectivity index (χ2v) is 4.94. The standard InChI is InChI=1S/C12H21NOS/c1-11(12-7-6-10-15-12)13(2)8-4-3-5-9-14/h6-7,10-11,14H,3-5,8-9H2,1-2H3. The zero-order chi connectivity index (χ0) is 11.1. The normalized spacial score (nSPS) is 13.3. The summed E-state index contributed by atoms with van der Waals surface area (Å²) in [5, 5.41) is 10.8. The van der Waals surface area contributed by atoms with Crippen molar-refractivity contribution in [1.29, 1.82) is 0 Å². The minimum atomic E-state index is 0.324. The number of hydrogen-bond acceptors (Lipinski definition) is 3. The van der Waals surface area contributed by atoms with Crippen LogP contribution in [0.3, 0.4) is 0 Å². The van der Waals surface area contributed by atoms with E-state index in [1.807, 2.05) is 11.3 Å². The van der Waals surface area contributed by atoms with Crippen molar-refractivity contribution < 1.29 is 5.11 Å². The number of aliphatic hydroxyl groups excluding tert-OH is 1. The van der Waals surface area contributed by atoms with Crippen molar-refractivity contribution in [3.05, 3.63) is 22.4 Å². The monoisotopic (exact) mass is 227 g/mol. The highest BCUT2D eigenvalue weighted by Crippen LogP contribution is 2.23. The van der Waals surface area contributed by atoms with Crippen molar-refractivity contribution >= 4 is 11.3 Å². The van der Waals surface area contributed by atoms with Gasteiger partial charge in [-0.25, -0.2) is 0 Å². The molecule has 1 heterocycles. The molecule has 0 aliphatic carbocycles. The summed E-state index contributed by atoms with van der Waals surface area (Å²) in [6.45, 7) is 3.68. The molecule has 0 radical (unpaired) electrons. The molecular formula is C12H21NOS. The van der Waals surface area contributed by atoms with Crippen LogP contribution in [-0.4, -0.2) is 30.2 Å². The van der Waals surface area contributed by atoms with E-state index in [-0.39, 0.29) is 0 Å². The van der Waals surface area contributed by atoms with Gasteiger partial charge in [0.15, 0.2) is 0 Å². The number of aliphatic hydroxyl groups is 1. The Balaban J connectivity index is 2.24. The molecule has 0 spiro atoms. The van der Waals surface area contributed by atoms with Gasteiger partial charge in [0.1, 0.15) is 0 Å². The quantitative estimate of drug-likeness (QED) is 0.724.